The summed E-state index contributed by atoms with van der Waals surface area (Å²) in [7, 11) is 0. The average molecular weight is 320 g/mol. The summed E-state index contributed by atoms with van der Waals surface area (Å²) in [5.74, 6) is 0. The number of fused-ring (bicyclic) bond motifs is 1. The average Bonchev–Trinajstić information content (AvgIpc) is 2.16. The maximum atomic E-state index is 9.03. The van der Waals surface area contributed by atoms with Crippen LogP contribution in [0.4, 0.5) is 0 Å². The zero-order valence-electron chi connectivity index (χ0n) is 7.17. The van der Waals surface area contributed by atoms with E-state index in [1.165, 1.54) is 0 Å². The lowest BCUT2D eigenvalue weighted by atomic mass is 10.1. The molecule has 0 saturated heterocycles. The first-order chi connectivity index (χ1) is 6.70. The Morgan fingerprint density at radius 2 is 2.14 bits per heavy atom. The van der Waals surface area contributed by atoms with Gasteiger partial charge in [0.15, 0.2) is 0 Å². The second kappa shape index (κ2) is 4.00. The summed E-state index contributed by atoms with van der Waals surface area (Å²) in [5, 5.41) is 10.6. The predicted molar refractivity (Wildman–Crippen MR) is 65.4 cm³/mol. The van der Waals surface area contributed by atoms with E-state index >= 15 is 0 Å². The molecule has 14 heavy (non-hydrogen) atoms. The van der Waals surface area contributed by atoms with Gasteiger partial charge in [0, 0.05) is 15.2 Å². The van der Waals surface area contributed by atoms with Crippen molar-refractivity contribution in [3.05, 3.63) is 38.6 Å². The van der Waals surface area contributed by atoms with Gasteiger partial charge in [0.25, 0.3) is 0 Å². The Hall–Kier alpha value is -0.390. The van der Waals surface area contributed by atoms with Crippen molar-refractivity contribution < 1.29 is 5.11 Å². The van der Waals surface area contributed by atoms with E-state index in [0.717, 1.165) is 20.0 Å². The minimum absolute atomic E-state index is 0.0401. The van der Waals surface area contributed by atoms with Gasteiger partial charge in [0.05, 0.1) is 17.1 Å². The molecule has 0 radical (unpaired) electrons. The first-order valence-corrected chi connectivity index (χ1v) is 5.51. The molecule has 0 amide bonds. The SMILES string of the molecule is OCc1cc(I)c2ncc(Cl)cc2c1. The molecule has 1 heterocycles. The normalized spacial score (nSPS) is 10.8. The molecular formula is C10H7ClINO. The fraction of sp³-hybridized carbons (Fsp3) is 0.100. The van der Waals surface area contributed by atoms with Gasteiger partial charge in [-0.1, -0.05) is 11.6 Å². The Balaban J connectivity index is 2.77. The van der Waals surface area contributed by atoms with Gasteiger partial charge < -0.3 is 5.11 Å². The van der Waals surface area contributed by atoms with Gasteiger partial charge >= 0.3 is 0 Å². The van der Waals surface area contributed by atoms with Crippen LogP contribution < -0.4 is 0 Å². The third kappa shape index (κ3) is 1.85. The first-order valence-electron chi connectivity index (χ1n) is 4.05. The van der Waals surface area contributed by atoms with E-state index in [1.807, 2.05) is 18.2 Å². The van der Waals surface area contributed by atoms with Crippen molar-refractivity contribution >= 4 is 45.1 Å². The van der Waals surface area contributed by atoms with Gasteiger partial charge in [0.1, 0.15) is 0 Å². The molecule has 72 valence electrons. The Morgan fingerprint density at radius 3 is 2.86 bits per heavy atom. The summed E-state index contributed by atoms with van der Waals surface area (Å²) in [4.78, 5) is 4.23. The zero-order valence-corrected chi connectivity index (χ0v) is 10.1. The van der Waals surface area contributed by atoms with Crippen LogP contribution in [-0.4, -0.2) is 10.1 Å². The van der Waals surface area contributed by atoms with Crippen molar-refractivity contribution in [3.8, 4) is 0 Å². The Kier molecular flexibility index (Phi) is 2.90. The molecular weight excluding hydrogens is 312 g/mol. The van der Waals surface area contributed by atoms with Gasteiger partial charge in [-0.2, -0.15) is 0 Å². The highest BCUT2D eigenvalue weighted by Gasteiger charge is 2.03. The largest absolute Gasteiger partial charge is 0.392 e. The van der Waals surface area contributed by atoms with Gasteiger partial charge in [-0.3, -0.25) is 4.98 Å². The molecule has 0 aliphatic rings. The number of aromatic nitrogens is 1. The smallest absolute Gasteiger partial charge is 0.0836 e. The summed E-state index contributed by atoms with van der Waals surface area (Å²) in [6, 6.07) is 5.67. The minimum atomic E-state index is 0.0401. The molecule has 4 heteroatoms. The molecule has 1 N–H and O–H groups in total. The Bertz CT molecular complexity index is 487. The molecule has 0 aliphatic heterocycles. The molecule has 0 saturated carbocycles. The van der Waals surface area contributed by atoms with Gasteiger partial charge in [-0.25, -0.2) is 0 Å². The number of aliphatic hydroxyl groups is 1. The molecule has 0 aliphatic carbocycles. The number of nitrogens with zero attached hydrogens (tertiary/aromatic N) is 1. The topological polar surface area (TPSA) is 33.1 Å². The molecule has 2 nitrogen and oxygen atoms in total. The molecule has 1 aromatic heterocycles. The maximum absolute atomic E-state index is 9.03. The van der Waals surface area contributed by atoms with E-state index < -0.39 is 0 Å². The number of halogens is 2. The summed E-state index contributed by atoms with van der Waals surface area (Å²) in [6.45, 7) is 0.0401. The van der Waals surface area contributed by atoms with Crippen molar-refractivity contribution in [2.75, 3.05) is 0 Å². The van der Waals surface area contributed by atoms with Crippen molar-refractivity contribution in [2.45, 2.75) is 6.61 Å². The number of aliphatic hydroxyl groups excluding tert-OH is 1. The third-order valence-corrected chi connectivity index (χ3v) is 2.97. The van der Waals surface area contributed by atoms with Crippen molar-refractivity contribution in [2.24, 2.45) is 0 Å². The van der Waals surface area contributed by atoms with Gasteiger partial charge in [-0.05, 0) is 46.4 Å². The van der Waals surface area contributed by atoms with Crippen LogP contribution in [0.15, 0.2) is 24.4 Å². The molecule has 0 spiro atoms. The fourth-order valence-electron chi connectivity index (χ4n) is 1.33. The predicted octanol–water partition coefficient (Wildman–Crippen LogP) is 2.99. The molecule has 2 aromatic rings. The molecule has 2 rings (SSSR count). The number of benzene rings is 1. The highest BCUT2D eigenvalue weighted by molar-refractivity contribution is 14.1. The van der Waals surface area contributed by atoms with Crippen LogP contribution in [-0.2, 0) is 6.61 Å². The standard InChI is InChI=1S/C10H7ClINO/c11-8-3-7-1-6(5-14)2-9(12)10(7)13-4-8/h1-4,14H,5H2. The van der Waals surface area contributed by atoms with Gasteiger partial charge in [0.2, 0.25) is 0 Å². The van der Waals surface area contributed by atoms with Crippen LogP contribution in [0.5, 0.6) is 0 Å². The lowest BCUT2D eigenvalue weighted by Crippen LogP contribution is -1.88. The van der Waals surface area contributed by atoms with Crippen LogP contribution in [0.2, 0.25) is 5.02 Å². The summed E-state index contributed by atoms with van der Waals surface area (Å²) >= 11 is 8.04. The monoisotopic (exact) mass is 319 g/mol. The third-order valence-electron chi connectivity index (χ3n) is 1.95. The first kappa shape index (κ1) is 10.1. The molecule has 0 atom stereocenters. The second-order valence-electron chi connectivity index (χ2n) is 2.96. The van der Waals surface area contributed by atoms with Crippen LogP contribution >= 0.6 is 34.2 Å². The number of hydrogen-bond acceptors (Lipinski definition) is 2. The van der Waals surface area contributed by atoms with E-state index in [9.17, 15) is 0 Å². The summed E-state index contributed by atoms with van der Waals surface area (Å²) in [5.41, 5.74) is 1.80. The van der Waals surface area contributed by atoms with Crippen LogP contribution in [0, 0.1) is 3.57 Å². The van der Waals surface area contributed by atoms with E-state index in [4.69, 9.17) is 16.7 Å². The number of pyridine rings is 1. The van der Waals surface area contributed by atoms with E-state index in [2.05, 4.69) is 27.6 Å². The molecule has 0 bridgehead atoms. The number of hydrogen-bond donors (Lipinski definition) is 1. The van der Waals surface area contributed by atoms with Crippen molar-refractivity contribution in [1.82, 2.24) is 4.98 Å². The summed E-state index contributed by atoms with van der Waals surface area (Å²) < 4.78 is 1.03. The van der Waals surface area contributed by atoms with E-state index in [-0.39, 0.29) is 6.61 Å². The molecule has 0 fully saturated rings. The molecule has 0 unspecified atom stereocenters. The number of rotatable bonds is 1. The lowest BCUT2D eigenvalue weighted by molar-refractivity contribution is 0.282. The minimum Gasteiger partial charge on any atom is -0.392 e. The zero-order chi connectivity index (χ0) is 10.1. The van der Waals surface area contributed by atoms with Crippen molar-refractivity contribution in [3.63, 3.8) is 0 Å². The lowest BCUT2D eigenvalue weighted by Gasteiger charge is -2.03. The van der Waals surface area contributed by atoms with Crippen LogP contribution in [0.1, 0.15) is 5.56 Å². The molecule has 1 aromatic carbocycles. The van der Waals surface area contributed by atoms with E-state index in [0.29, 0.717) is 5.02 Å². The summed E-state index contributed by atoms with van der Waals surface area (Å²) in [6.07, 6.45) is 1.63. The highest BCUT2D eigenvalue weighted by atomic mass is 127. The van der Waals surface area contributed by atoms with Crippen molar-refractivity contribution in [1.29, 1.82) is 0 Å². The second-order valence-corrected chi connectivity index (χ2v) is 4.56. The van der Waals surface area contributed by atoms with Crippen LogP contribution in [0.3, 0.4) is 0 Å². The van der Waals surface area contributed by atoms with E-state index in [1.54, 1.807) is 6.20 Å². The fourth-order valence-corrected chi connectivity index (χ4v) is 2.35. The highest BCUT2D eigenvalue weighted by Crippen LogP contribution is 2.23. The Morgan fingerprint density at radius 1 is 1.36 bits per heavy atom. The quantitative estimate of drug-likeness (QED) is 0.820. The van der Waals surface area contributed by atoms with Gasteiger partial charge in [-0.15, -0.1) is 0 Å². The Labute approximate surface area is 100 Å². The van der Waals surface area contributed by atoms with Crippen LogP contribution in [0.25, 0.3) is 10.9 Å². The maximum Gasteiger partial charge on any atom is 0.0836 e.